The van der Waals surface area contributed by atoms with Crippen LogP contribution in [0.2, 0.25) is 0 Å². The summed E-state index contributed by atoms with van der Waals surface area (Å²) in [6.07, 6.45) is -2.41. The van der Waals surface area contributed by atoms with Crippen LogP contribution in [0.4, 0.5) is 0 Å². The van der Waals surface area contributed by atoms with Gasteiger partial charge in [-0.3, -0.25) is 0 Å². The summed E-state index contributed by atoms with van der Waals surface area (Å²) in [5.41, 5.74) is 1.28. The quantitative estimate of drug-likeness (QED) is 0.467. The van der Waals surface area contributed by atoms with E-state index in [-0.39, 0.29) is 18.6 Å². The molecule has 30 heavy (non-hydrogen) atoms. The van der Waals surface area contributed by atoms with Crippen LogP contribution in [-0.4, -0.2) is 59.6 Å². The Morgan fingerprint density at radius 3 is 2.53 bits per heavy atom. The molecule has 9 heteroatoms. The predicted molar refractivity (Wildman–Crippen MR) is 116 cm³/mol. The van der Waals surface area contributed by atoms with Crippen molar-refractivity contribution in [1.82, 2.24) is 0 Å². The number of rotatable bonds is 7. The second-order valence-electron chi connectivity index (χ2n) is 6.52. The lowest BCUT2D eigenvalue weighted by Gasteiger charge is -2.35. The van der Waals surface area contributed by atoms with Crippen molar-refractivity contribution in [2.75, 3.05) is 13.7 Å². The average Bonchev–Trinajstić information content (AvgIpc) is 2.77. The van der Waals surface area contributed by atoms with Crippen LogP contribution in [0.5, 0.6) is 5.75 Å². The van der Waals surface area contributed by atoms with Gasteiger partial charge in [-0.1, -0.05) is 36.4 Å². The van der Waals surface area contributed by atoms with E-state index in [9.17, 15) is 15.0 Å². The highest BCUT2D eigenvalue weighted by molar-refractivity contribution is 14.1. The second-order valence-corrected chi connectivity index (χ2v) is 7.14. The molecule has 0 amide bonds. The minimum atomic E-state index is -0.949. The van der Waals surface area contributed by atoms with Crippen molar-refractivity contribution < 1.29 is 37.4 Å². The van der Waals surface area contributed by atoms with Gasteiger partial charge in [-0.05, 0) is 23.8 Å². The van der Waals surface area contributed by atoms with Crippen LogP contribution in [0.3, 0.4) is 0 Å². The molecule has 4 atom stereocenters. The lowest BCUT2D eigenvalue weighted by molar-refractivity contribution is -0.245. The van der Waals surface area contributed by atoms with E-state index in [1.165, 1.54) is 19.2 Å². The number of hydrogen-bond acceptors (Lipinski definition) is 7. The number of carboxylic acids is 1. The fourth-order valence-electron chi connectivity index (χ4n) is 2.73. The van der Waals surface area contributed by atoms with Crippen LogP contribution in [0.25, 0.3) is 0 Å². The van der Waals surface area contributed by atoms with Gasteiger partial charge in [0.05, 0.1) is 18.3 Å². The standard InChI is InChI=1S/C14H12O3.C7H13IO5/c15-14(16)12-7-4-8-13(9-12)17-10-11-5-2-1-3-6-11;1-11-6-2-4(9)7(10)5(13-6)3-12-8/h1-9H,10H2,(H,15,16);4-7,9-10H,2-3H2,1H3/t;4?,5?,6-,7-/m.0/s1. The van der Waals surface area contributed by atoms with E-state index >= 15 is 0 Å². The summed E-state index contributed by atoms with van der Waals surface area (Å²) in [4.78, 5) is 10.8. The van der Waals surface area contributed by atoms with Gasteiger partial charge >= 0.3 is 5.97 Å². The number of aliphatic hydroxyl groups excluding tert-OH is 2. The molecule has 1 saturated heterocycles. The van der Waals surface area contributed by atoms with Crippen molar-refractivity contribution in [1.29, 1.82) is 0 Å². The van der Waals surface area contributed by atoms with Crippen molar-refractivity contribution in [2.24, 2.45) is 0 Å². The molecule has 164 valence electrons. The molecule has 2 aromatic carbocycles. The highest BCUT2D eigenvalue weighted by Crippen LogP contribution is 2.21. The van der Waals surface area contributed by atoms with Gasteiger partial charge in [-0.25, -0.2) is 4.79 Å². The molecule has 0 aliphatic carbocycles. The zero-order valence-electron chi connectivity index (χ0n) is 16.4. The highest BCUT2D eigenvalue weighted by Gasteiger charge is 2.36. The maximum absolute atomic E-state index is 10.8. The summed E-state index contributed by atoms with van der Waals surface area (Å²) in [6, 6.07) is 16.2. The molecular formula is C21H25IO8. The molecule has 1 heterocycles. The first-order valence-electron chi connectivity index (χ1n) is 9.22. The zero-order valence-corrected chi connectivity index (χ0v) is 18.5. The molecule has 3 N–H and O–H groups in total. The van der Waals surface area contributed by atoms with E-state index in [0.717, 1.165) is 5.56 Å². The van der Waals surface area contributed by atoms with Crippen molar-refractivity contribution >= 4 is 29.0 Å². The van der Waals surface area contributed by atoms with Gasteiger partial charge in [0.15, 0.2) is 6.29 Å². The van der Waals surface area contributed by atoms with Gasteiger partial charge < -0.3 is 32.6 Å². The van der Waals surface area contributed by atoms with Crippen LogP contribution in [0.1, 0.15) is 22.3 Å². The van der Waals surface area contributed by atoms with E-state index in [0.29, 0.717) is 12.4 Å². The maximum atomic E-state index is 10.8. The zero-order chi connectivity index (χ0) is 21.9. The Bertz CT molecular complexity index is 773. The number of hydrogen-bond donors (Lipinski definition) is 3. The van der Waals surface area contributed by atoms with E-state index in [4.69, 9.17) is 22.4 Å². The average molecular weight is 532 g/mol. The first kappa shape index (κ1) is 24.5. The second kappa shape index (κ2) is 12.8. The summed E-state index contributed by atoms with van der Waals surface area (Å²) in [5, 5.41) is 27.7. The van der Waals surface area contributed by atoms with Crippen LogP contribution < -0.4 is 4.74 Å². The highest BCUT2D eigenvalue weighted by atomic mass is 127. The first-order valence-corrected chi connectivity index (χ1v) is 10.1. The third-order valence-electron chi connectivity index (χ3n) is 4.36. The molecule has 0 saturated carbocycles. The molecule has 8 nitrogen and oxygen atoms in total. The lowest BCUT2D eigenvalue weighted by atomic mass is 10.0. The van der Waals surface area contributed by atoms with Crippen LogP contribution >= 0.6 is 23.0 Å². The number of aromatic carboxylic acids is 1. The fraction of sp³-hybridized carbons (Fsp3) is 0.381. The number of carboxylic acid groups (broad SMARTS) is 1. The summed E-state index contributed by atoms with van der Waals surface area (Å²) in [5.74, 6) is -0.385. The fourth-order valence-corrected chi connectivity index (χ4v) is 3.08. The van der Waals surface area contributed by atoms with E-state index < -0.39 is 30.6 Å². The van der Waals surface area contributed by atoms with E-state index in [1.54, 1.807) is 35.1 Å². The Morgan fingerprint density at radius 2 is 1.90 bits per heavy atom. The topological polar surface area (TPSA) is 115 Å². The minimum absolute atomic E-state index is 0.232. The number of methoxy groups -OCH3 is 1. The summed E-state index contributed by atoms with van der Waals surface area (Å²) < 4.78 is 20.6. The number of aliphatic hydroxyl groups is 2. The van der Waals surface area contributed by atoms with Crippen molar-refractivity contribution in [2.45, 2.75) is 37.6 Å². The minimum Gasteiger partial charge on any atom is -0.489 e. The monoisotopic (exact) mass is 532 g/mol. The number of halogens is 1. The third-order valence-corrected chi connectivity index (χ3v) is 4.71. The van der Waals surface area contributed by atoms with Gasteiger partial charge in [0.1, 0.15) is 47.6 Å². The van der Waals surface area contributed by atoms with Gasteiger partial charge in [-0.2, -0.15) is 0 Å². The van der Waals surface area contributed by atoms with Gasteiger partial charge in [0, 0.05) is 13.5 Å². The summed E-state index contributed by atoms with van der Waals surface area (Å²) in [6.45, 7) is 0.669. The molecule has 0 radical (unpaired) electrons. The Kier molecular flexibility index (Phi) is 10.5. The van der Waals surface area contributed by atoms with Gasteiger partial charge in [-0.15, -0.1) is 0 Å². The summed E-state index contributed by atoms with van der Waals surface area (Å²) in [7, 11) is 1.50. The normalized spacial score (nSPS) is 23.2. The number of ether oxygens (including phenoxy) is 3. The van der Waals surface area contributed by atoms with Crippen LogP contribution in [0.15, 0.2) is 54.6 Å². The molecular weight excluding hydrogens is 507 g/mol. The van der Waals surface area contributed by atoms with Crippen molar-refractivity contribution in [3.63, 3.8) is 0 Å². The molecule has 2 aromatic rings. The largest absolute Gasteiger partial charge is 0.489 e. The van der Waals surface area contributed by atoms with Crippen LogP contribution in [-0.2, 0) is 19.1 Å². The molecule has 1 fully saturated rings. The molecule has 3 rings (SSSR count). The maximum Gasteiger partial charge on any atom is 0.335 e. The first-order chi connectivity index (χ1) is 14.4. The molecule has 0 spiro atoms. The third kappa shape index (κ3) is 7.82. The van der Waals surface area contributed by atoms with E-state index in [2.05, 4.69) is 0 Å². The van der Waals surface area contributed by atoms with Crippen LogP contribution in [0, 0.1) is 0 Å². The Hall–Kier alpha value is -1.76. The van der Waals surface area contributed by atoms with Crippen molar-refractivity contribution in [3.8, 4) is 5.75 Å². The van der Waals surface area contributed by atoms with Gasteiger partial charge in [0.2, 0.25) is 0 Å². The predicted octanol–water partition coefficient (Wildman–Crippen LogP) is 2.80. The Balaban J connectivity index is 0.000000222. The summed E-state index contributed by atoms with van der Waals surface area (Å²) >= 11 is 1.71. The molecule has 0 bridgehead atoms. The van der Waals surface area contributed by atoms with E-state index in [1.807, 2.05) is 30.3 Å². The Morgan fingerprint density at radius 1 is 1.17 bits per heavy atom. The molecule has 0 aromatic heterocycles. The number of carbonyl (C=O) groups is 1. The molecule has 1 aliphatic rings. The SMILES string of the molecule is CO[C@@H]1CC(O)[C@H](O)C(COI)O1.O=C(O)c1cccc(OCc2ccccc2)c1. The van der Waals surface area contributed by atoms with Crippen molar-refractivity contribution in [3.05, 3.63) is 65.7 Å². The molecule has 2 unspecified atom stereocenters. The Labute approximate surface area is 189 Å². The smallest absolute Gasteiger partial charge is 0.335 e. The lowest BCUT2D eigenvalue weighted by Crippen LogP contribution is -2.50. The number of benzene rings is 2. The molecule has 1 aliphatic heterocycles. The van der Waals surface area contributed by atoms with Gasteiger partial charge in [0.25, 0.3) is 0 Å².